The van der Waals surface area contributed by atoms with Crippen LogP contribution in [-0.2, 0) is 6.54 Å². The van der Waals surface area contributed by atoms with Gasteiger partial charge in [0.05, 0.1) is 19.9 Å². The van der Waals surface area contributed by atoms with E-state index in [2.05, 4.69) is 26.4 Å². The monoisotopic (exact) mass is 337 g/mol. The van der Waals surface area contributed by atoms with Crippen molar-refractivity contribution in [1.29, 1.82) is 0 Å². The molecule has 0 saturated carbocycles. The molecule has 0 fully saturated rings. The summed E-state index contributed by atoms with van der Waals surface area (Å²) in [6.07, 6.45) is 3.38. The zero-order chi connectivity index (χ0) is 16.4. The van der Waals surface area contributed by atoms with Gasteiger partial charge in [-0.05, 0) is 47.8 Å². The number of aromatic nitrogens is 2. The summed E-state index contributed by atoms with van der Waals surface area (Å²) in [5.41, 5.74) is 1.26. The highest BCUT2D eigenvalue weighted by atomic mass is 32.2. The van der Waals surface area contributed by atoms with Gasteiger partial charge in [0.25, 0.3) is 0 Å². The first kappa shape index (κ1) is 14.8. The maximum Gasteiger partial charge on any atom is 0.221 e. The molecule has 0 atom stereocenters. The van der Waals surface area contributed by atoms with E-state index in [1.54, 1.807) is 31.5 Å². The quantitative estimate of drug-likeness (QED) is 0.661. The van der Waals surface area contributed by atoms with Gasteiger partial charge >= 0.3 is 0 Å². The first-order valence-corrected chi connectivity index (χ1v) is 8.26. The van der Waals surface area contributed by atoms with Crippen molar-refractivity contribution < 1.29 is 9.47 Å². The predicted octanol–water partition coefficient (Wildman–Crippen LogP) is 4.30. The van der Waals surface area contributed by atoms with Crippen molar-refractivity contribution in [2.45, 2.75) is 11.4 Å². The van der Waals surface area contributed by atoms with Gasteiger partial charge in [-0.25, -0.2) is 0 Å². The molecule has 0 radical (unpaired) electrons. The summed E-state index contributed by atoms with van der Waals surface area (Å²) in [5.74, 6) is 2.94. The van der Waals surface area contributed by atoms with Crippen LogP contribution in [0.15, 0.2) is 65.8 Å². The number of anilines is 1. The van der Waals surface area contributed by atoms with Crippen LogP contribution < -0.4 is 13.8 Å². The SMILES string of the molecule is COc1ccc2c(c1)SN(c1cccc(Oc3cccnc3)n1)C2. The van der Waals surface area contributed by atoms with Crippen LogP contribution in [0.4, 0.5) is 5.82 Å². The molecule has 1 aliphatic rings. The minimum Gasteiger partial charge on any atom is -0.497 e. The Hall–Kier alpha value is -2.73. The standard InChI is InChI=1S/C18H15N3O2S/c1-22-14-8-7-13-12-21(24-16(13)10-14)17-5-2-6-18(20-17)23-15-4-3-9-19-11-15/h2-11H,12H2,1H3. The first-order valence-electron chi connectivity index (χ1n) is 7.49. The molecule has 0 N–H and O–H groups in total. The molecule has 24 heavy (non-hydrogen) atoms. The number of pyridine rings is 2. The fourth-order valence-corrected chi connectivity index (χ4v) is 3.49. The van der Waals surface area contributed by atoms with E-state index in [0.29, 0.717) is 11.6 Å². The van der Waals surface area contributed by atoms with Gasteiger partial charge < -0.3 is 9.47 Å². The van der Waals surface area contributed by atoms with Gasteiger partial charge in [0, 0.05) is 17.2 Å². The first-order chi connectivity index (χ1) is 11.8. The van der Waals surface area contributed by atoms with Crippen LogP contribution in [0.5, 0.6) is 17.4 Å². The van der Waals surface area contributed by atoms with Crippen molar-refractivity contribution >= 4 is 17.8 Å². The molecule has 4 rings (SSSR count). The van der Waals surface area contributed by atoms with Crippen molar-refractivity contribution in [3.8, 4) is 17.4 Å². The lowest BCUT2D eigenvalue weighted by atomic mass is 10.2. The molecule has 1 aromatic carbocycles. The summed E-state index contributed by atoms with van der Waals surface area (Å²) in [5, 5.41) is 0. The Kier molecular flexibility index (Phi) is 3.96. The average molecular weight is 337 g/mol. The van der Waals surface area contributed by atoms with Crippen LogP contribution in [-0.4, -0.2) is 17.1 Å². The number of hydrogen-bond donors (Lipinski definition) is 0. The highest BCUT2D eigenvalue weighted by molar-refractivity contribution is 8.01. The van der Waals surface area contributed by atoms with E-state index in [9.17, 15) is 0 Å². The second-order valence-electron chi connectivity index (χ2n) is 5.23. The Labute approximate surface area is 144 Å². The number of hydrogen-bond acceptors (Lipinski definition) is 6. The molecule has 0 aliphatic carbocycles. The molecular formula is C18H15N3O2S. The van der Waals surface area contributed by atoms with Gasteiger partial charge in [0.2, 0.25) is 5.88 Å². The number of ether oxygens (including phenoxy) is 2. The fourth-order valence-electron chi connectivity index (χ4n) is 2.44. The van der Waals surface area contributed by atoms with Crippen LogP contribution in [0.3, 0.4) is 0 Å². The lowest BCUT2D eigenvalue weighted by Gasteiger charge is -2.15. The van der Waals surface area contributed by atoms with E-state index < -0.39 is 0 Å². The normalized spacial score (nSPS) is 12.8. The van der Waals surface area contributed by atoms with Crippen molar-refractivity contribution in [3.63, 3.8) is 0 Å². The number of fused-ring (bicyclic) bond motifs is 1. The third-order valence-corrected chi connectivity index (χ3v) is 4.73. The van der Waals surface area contributed by atoms with Crippen LogP contribution in [0.2, 0.25) is 0 Å². The minimum absolute atomic E-state index is 0.551. The lowest BCUT2D eigenvalue weighted by molar-refractivity contribution is 0.413. The molecule has 3 aromatic rings. The molecule has 0 spiro atoms. The summed E-state index contributed by atoms with van der Waals surface area (Å²) in [7, 11) is 1.68. The van der Waals surface area contributed by atoms with Crippen molar-refractivity contribution in [2.24, 2.45) is 0 Å². The highest BCUT2D eigenvalue weighted by Crippen LogP contribution is 2.40. The van der Waals surface area contributed by atoms with E-state index in [0.717, 1.165) is 18.1 Å². The topological polar surface area (TPSA) is 47.5 Å². The largest absolute Gasteiger partial charge is 0.497 e. The van der Waals surface area contributed by atoms with Crippen LogP contribution >= 0.6 is 11.9 Å². The number of rotatable bonds is 4. The Morgan fingerprint density at radius 3 is 2.88 bits per heavy atom. The van der Waals surface area contributed by atoms with Gasteiger partial charge in [-0.2, -0.15) is 4.98 Å². The Morgan fingerprint density at radius 1 is 1.08 bits per heavy atom. The maximum absolute atomic E-state index is 5.76. The highest BCUT2D eigenvalue weighted by Gasteiger charge is 2.22. The van der Waals surface area contributed by atoms with Gasteiger partial charge in [0.1, 0.15) is 17.3 Å². The van der Waals surface area contributed by atoms with Crippen molar-refractivity contribution in [3.05, 3.63) is 66.5 Å². The second kappa shape index (κ2) is 6.41. The molecule has 6 heteroatoms. The number of methoxy groups -OCH3 is 1. The maximum atomic E-state index is 5.76. The molecule has 120 valence electrons. The fraction of sp³-hybridized carbons (Fsp3) is 0.111. The van der Waals surface area contributed by atoms with Gasteiger partial charge in [-0.1, -0.05) is 12.1 Å². The molecule has 3 heterocycles. The van der Waals surface area contributed by atoms with E-state index in [-0.39, 0.29) is 0 Å². The second-order valence-corrected chi connectivity index (χ2v) is 6.29. The lowest BCUT2D eigenvalue weighted by Crippen LogP contribution is -2.09. The minimum atomic E-state index is 0.551. The molecule has 0 unspecified atom stereocenters. The summed E-state index contributed by atoms with van der Waals surface area (Å²) in [4.78, 5) is 9.83. The van der Waals surface area contributed by atoms with Crippen LogP contribution in [0.1, 0.15) is 5.56 Å². The molecule has 1 aliphatic heterocycles. The zero-order valence-corrected chi connectivity index (χ0v) is 13.9. The number of benzene rings is 1. The third-order valence-electron chi connectivity index (χ3n) is 3.62. The summed E-state index contributed by atoms with van der Waals surface area (Å²) >= 11 is 1.66. The van der Waals surface area contributed by atoms with Gasteiger partial charge in [-0.3, -0.25) is 9.29 Å². The van der Waals surface area contributed by atoms with Crippen LogP contribution in [0, 0.1) is 0 Å². The van der Waals surface area contributed by atoms with Gasteiger partial charge in [-0.15, -0.1) is 0 Å². The summed E-state index contributed by atoms with van der Waals surface area (Å²) < 4.78 is 13.2. The molecule has 0 amide bonds. The summed E-state index contributed by atoms with van der Waals surface area (Å²) in [6.45, 7) is 0.799. The molecule has 2 aromatic heterocycles. The smallest absolute Gasteiger partial charge is 0.221 e. The molecular weight excluding hydrogens is 322 g/mol. The van der Waals surface area contributed by atoms with Crippen LogP contribution in [0.25, 0.3) is 0 Å². The van der Waals surface area contributed by atoms with Gasteiger partial charge in [0.15, 0.2) is 0 Å². The average Bonchev–Trinajstić information content (AvgIpc) is 3.06. The third kappa shape index (κ3) is 3.00. The predicted molar refractivity (Wildman–Crippen MR) is 93.6 cm³/mol. The van der Waals surface area contributed by atoms with E-state index in [4.69, 9.17) is 9.47 Å². The molecule has 0 saturated heterocycles. The van der Waals surface area contributed by atoms with E-state index >= 15 is 0 Å². The Morgan fingerprint density at radius 2 is 2.04 bits per heavy atom. The van der Waals surface area contributed by atoms with Crippen molar-refractivity contribution in [2.75, 3.05) is 11.4 Å². The zero-order valence-electron chi connectivity index (χ0n) is 13.0. The number of nitrogens with zero attached hydrogens (tertiary/aromatic N) is 3. The van der Waals surface area contributed by atoms with Crippen molar-refractivity contribution in [1.82, 2.24) is 9.97 Å². The summed E-state index contributed by atoms with van der Waals surface area (Å²) in [6, 6.07) is 15.6. The molecule has 0 bridgehead atoms. The molecule has 5 nitrogen and oxygen atoms in total. The Bertz CT molecular complexity index is 858. The Balaban J connectivity index is 1.54. The van der Waals surface area contributed by atoms with E-state index in [1.165, 1.54) is 10.5 Å². The van der Waals surface area contributed by atoms with E-state index in [1.807, 2.05) is 36.4 Å².